The molecule has 1 amide bonds. The predicted octanol–water partition coefficient (Wildman–Crippen LogP) is 6.24. The van der Waals surface area contributed by atoms with Gasteiger partial charge in [0, 0.05) is 5.57 Å². The van der Waals surface area contributed by atoms with Gasteiger partial charge in [-0.25, -0.2) is 0 Å². The third-order valence-electron chi connectivity index (χ3n) is 5.51. The van der Waals surface area contributed by atoms with Gasteiger partial charge in [0.15, 0.2) is 0 Å². The molecule has 3 nitrogen and oxygen atoms in total. The minimum absolute atomic E-state index is 0.0218. The minimum Gasteiger partial charge on any atom is -0.347 e. The van der Waals surface area contributed by atoms with E-state index in [1.807, 2.05) is 0 Å². The first kappa shape index (κ1) is 26.2. The van der Waals surface area contributed by atoms with Crippen molar-refractivity contribution in [2.45, 2.75) is 104 Å². The Morgan fingerprint density at radius 1 is 0.741 bits per heavy atom. The molecule has 0 bridgehead atoms. The first-order valence-corrected chi connectivity index (χ1v) is 11.6. The number of rotatable bonds is 19. The largest absolute Gasteiger partial charge is 0.347 e. The molecule has 0 radical (unpaired) electrons. The fourth-order valence-corrected chi connectivity index (χ4v) is 3.47. The summed E-state index contributed by atoms with van der Waals surface area (Å²) in [5.74, 6) is -0.0218. The van der Waals surface area contributed by atoms with E-state index in [1.54, 1.807) is 6.92 Å². The number of quaternary nitrogens is 1. The number of hydrogen-bond donors (Lipinski definition) is 1. The maximum Gasteiger partial charge on any atom is 0.246 e. The fourth-order valence-electron chi connectivity index (χ4n) is 3.47. The van der Waals surface area contributed by atoms with Gasteiger partial charge in [0.2, 0.25) is 5.91 Å². The van der Waals surface area contributed by atoms with Crippen LogP contribution in [0.2, 0.25) is 0 Å². The summed E-state index contributed by atoms with van der Waals surface area (Å²) in [6.45, 7) is 10.6. The van der Waals surface area contributed by atoms with Crippen molar-refractivity contribution in [3.63, 3.8) is 0 Å². The zero-order chi connectivity index (χ0) is 20.4. The Bertz CT molecular complexity index is 377. The standard InChI is InChI=1S/C24H48N2O/c1-6-7-8-9-10-11-12-13-14-15-16-17-18-19-21-26(4,5)22-20-25-24(27)23(2)3/h2,6-22H2,1,3-5H3/p+1. The Morgan fingerprint density at radius 2 is 1.15 bits per heavy atom. The summed E-state index contributed by atoms with van der Waals surface area (Å²) in [7, 11) is 4.52. The highest BCUT2D eigenvalue weighted by Crippen LogP contribution is 2.13. The molecule has 0 saturated carbocycles. The van der Waals surface area contributed by atoms with Crippen LogP contribution in [0.25, 0.3) is 0 Å². The molecule has 0 fully saturated rings. The molecule has 0 aliphatic rings. The number of carbonyl (C=O) groups excluding carboxylic acids is 1. The number of unbranched alkanes of at least 4 members (excludes halogenated alkanes) is 13. The minimum atomic E-state index is -0.0218. The van der Waals surface area contributed by atoms with Crippen LogP contribution >= 0.6 is 0 Å². The maximum atomic E-state index is 11.5. The normalized spacial score (nSPS) is 11.6. The summed E-state index contributed by atoms with van der Waals surface area (Å²) in [4.78, 5) is 11.5. The van der Waals surface area contributed by atoms with Crippen LogP contribution in [0.5, 0.6) is 0 Å². The summed E-state index contributed by atoms with van der Waals surface area (Å²) in [5, 5.41) is 2.94. The molecule has 1 N–H and O–H groups in total. The van der Waals surface area contributed by atoms with E-state index in [0.29, 0.717) is 5.57 Å². The molecular formula is C24H49N2O+. The number of likely N-dealkylation sites (N-methyl/N-ethyl adjacent to an activating group) is 1. The summed E-state index contributed by atoms with van der Waals surface area (Å²) in [6.07, 6.45) is 19.7. The maximum absolute atomic E-state index is 11.5. The van der Waals surface area contributed by atoms with E-state index in [4.69, 9.17) is 0 Å². The average molecular weight is 382 g/mol. The molecule has 0 atom stereocenters. The van der Waals surface area contributed by atoms with E-state index in [-0.39, 0.29) is 5.91 Å². The number of hydrogen-bond acceptors (Lipinski definition) is 1. The number of amides is 1. The van der Waals surface area contributed by atoms with Gasteiger partial charge in [0.1, 0.15) is 0 Å². The van der Waals surface area contributed by atoms with Crippen LogP contribution in [0.3, 0.4) is 0 Å². The van der Waals surface area contributed by atoms with Crippen molar-refractivity contribution >= 4 is 5.91 Å². The molecule has 3 heteroatoms. The lowest BCUT2D eigenvalue weighted by molar-refractivity contribution is -0.889. The van der Waals surface area contributed by atoms with Gasteiger partial charge >= 0.3 is 0 Å². The van der Waals surface area contributed by atoms with Gasteiger partial charge in [-0.05, 0) is 19.8 Å². The summed E-state index contributed by atoms with van der Waals surface area (Å²) < 4.78 is 0.981. The Labute approximate surface area is 170 Å². The smallest absolute Gasteiger partial charge is 0.246 e. The molecule has 0 unspecified atom stereocenters. The van der Waals surface area contributed by atoms with E-state index in [0.717, 1.165) is 17.6 Å². The molecule has 0 aromatic carbocycles. The molecule has 0 saturated heterocycles. The lowest BCUT2D eigenvalue weighted by Gasteiger charge is -2.30. The fraction of sp³-hybridized carbons (Fsp3) is 0.875. The van der Waals surface area contributed by atoms with Crippen LogP contribution in [0.15, 0.2) is 12.2 Å². The van der Waals surface area contributed by atoms with Crippen LogP contribution in [-0.4, -0.2) is 44.1 Å². The van der Waals surface area contributed by atoms with Crippen molar-refractivity contribution in [2.75, 3.05) is 33.7 Å². The first-order chi connectivity index (χ1) is 12.9. The Morgan fingerprint density at radius 3 is 1.56 bits per heavy atom. The third kappa shape index (κ3) is 18.3. The Kier molecular flexibility index (Phi) is 16.7. The van der Waals surface area contributed by atoms with Crippen LogP contribution in [0, 0.1) is 0 Å². The van der Waals surface area contributed by atoms with E-state index in [1.165, 1.54) is 96.4 Å². The highest BCUT2D eigenvalue weighted by atomic mass is 16.1. The van der Waals surface area contributed by atoms with E-state index in [9.17, 15) is 4.79 Å². The Balaban J connectivity index is 3.37. The van der Waals surface area contributed by atoms with Crippen LogP contribution in [-0.2, 0) is 4.79 Å². The van der Waals surface area contributed by atoms with E-state index < -0.39 is 0 Å². The van der Waals surface area contributed by atoms with Crippen LogP contribution in [0.1, 0.15) is 104 Å². The van der Waals surface area contributed by atoms with Crippen molar-refractivity contribution < 1.29 is 9.28 Å². The highest BCUT2D eigenvalue weighted by Gasteiger charge is 2.14. The van der Waals surface area contributed by atoms with Gasteiger partial charge in [-0.15, -0.1) is 0 Å². The molecule has 27 heavy (non-hydrogen) atoms. The molecule has 0 heterocycles. The van der Waals surface area contributed by atoms with Gasteiger partial charge in [0.05, 0.1) is 33.7 Å². The van der Waals surface area contributed by atoms with Gasteiger partial charge in [-0.3, -0.25) is 4.79 Å². The SMILES string of the molecule is C=C(C)C(=O)NCC[N+](C)(C)CCCCCCCCCCCCCCCC. The predicted molar refractivity (Wildman–Crippen MR) is 120 cm³/mol. The van der Waals surface area contributed by atoms with Crippen molar-refractivity contribution in [1.29, 1.82) is 0 Å². The molecule has 0 aliphatic heterocycles. The van der Waals surface area contributed by atoms with Crippen LogP contribution < -0.4 is 5.32 Å². The topological polar surface area (TPSA) is 29.1 Å². The van der Waals surface area contributed by atoms with Gasteiger partial charge in [-0.1, -0.05) is 90.6 Å². The van der Waals surface area contributed by atoms with E-state index >= 15 is 0 Å². The van der Waals surface area contributed by atoms with Crippen molar-refractivity contribution in [3.05, 3.63) is 12.2 Å². The third-order valence-corrected chi connectivity index (χ3v) is 5.51. The summed E-state index contributed by atoms with van der Waals surface area (Å²) >= 11 is 0. The second-order valence-electron chi connectivity index (χ2n) is 9.02. The van der Waals surface area contributed by atoms with Crippen molar-refractivity contribution in [3.8, 4) is 0 Å². The second kappa shape index (κ2) is 17.3. The molecular weight excluding hydrogens is 332 g/mol. The van der Waals surface area contributed by atoms with Gasteiger partial charge in [-0.2, -0.15) is 0 Å². The summed E-state index contributed by atoms with van der Waals surface area (Å²) in [5.41, 5.74) is 0.590. The van der Waals surface area contributed by atoms with Gasteiger partial charge < -0.3 is 9.80 Å². The quantitative estimate of drug-likeness (QED) is 0.160. The number of nitrogens with one attached hydrogen (secondary N) is 1. The molecule has 0 rings (SSSR count). The van der Waals surface area contributed by atoms with Gasteiger partial charge in [0.25, 0.3) is 0 Å². The molecule has 0 aliphatic carbocycles. The molecule has 0 spiro atoms. The molecule has 160 valence electrons. The lowest BCUT2D eigenvalue weighted by Crippen LogP contribution is -2.46. The summed E-state index contributed by atoms with van der Waals surface area (Å²) in [6, 6.07) is 0. The molecule has 0 aromatic rings. The number of carbonyl (C=O) groups is 1. The second-order valence-corrected chi connectivity index (χ2v) is 9.02. The van der Waals surface area contributed by atoms with Crippen LogP contribution in [0.4, 0.5) is 0 Å². The lowest BCUT2D eigenvalue weighted by atomic mass is 10.0. The monoisotopic (exact) mass is 381 g/mol. The highest BCUT2D eigenvalue weighted by molar-refractivity contribution is 5.91. The first-order valence-electron chi connectivity index (χ1n) is 11.6. The molecule has 0 aromatic heterocycles. The van der Waals surface area contributed by atoms with Crippen molar-refractivity contribution in [1.82, 2.24) is 5.32 Å². The average Bonchev–Trinajstić information content (AvgIpc) is 2.61. The van der Waals surface area contributed by atoms with E-state index in [2.05, 4.69) is 32.9 Å². The number of nitrogens with zero attached hydrogens (tertiary/aromatic N) is 1. The zero-order valence-electron chi connectivity index (χ0n) is 19.1. The Hall–Kier alpha value is -0.830. The zero-order valence-corrected chi connectivity index (χ0v) is 19.1. The van der Waals surface area contributed by atoms with Crippen molar-refractivity contribution in [2.24, 2.45) is 0 Å².